The molecule has 1 amide bonds. The summed E-state index contributed by atoms with van der Waals surface area (Å²) in [6, 6.07) is 12.5. The minimum atomic E-state index is -0.336. The molecule has 0 atom stereocenters. The van der Waals surface area contributed by atoms with E-state index in [1.807, 2.05) is 0 Å². The lowest BCUT2D eigenvalue weighted by molar-refractivity contribution is 0.0955. The zero-order chi connectivity index (χ0) is 18.8. The molecule has 0 N–H and O–H groups in total. The van der Waals surface area contributed by atoms with Crippen LogP contribution in [0.25, 0.3) is 0 Å². The summed E-state index contributed by atoms with van der Waals surface area (Å²) < 4.78 is 18.3. The van der Waals surface area contributed by atoms with Gasteiger partial charge in [0.25, 0.3) is 0 Å². The van der Waals surface area contributed by atoms with Crippen molar-refractivity contribution >= 4 is 11.8 Å². The molecule has 0 unspecified atom stereocenters. The summed E-state index contributed by atoms with van der Waals surface area (Å²) in [5.74, 6) is -0.295. The summed E-state index contributed by atoms with van der Waals surface area (Å²) in [6.07, 6.45) is -0.336. The van der Waals surface area contributed by atoms with E-state index in [4.69, 9.17) is 4.74 Å². The fourth-order valence-electron chi connectivity index (χ4n) is 3.59. The van der Waals surface area contributed by atoms with Crippen LogP contribution in [0.1, 0.15) is 16.7 Å². The molecule has 142 valence electrons. The second-order valence-corrected chi connectivity index (χ2v) is 7.28. The number of benzene rings is 2. The number of nitrogens with zero attached hydrogens (tertiary/aromatic N) is 3. The maximum atomic E-state index is 12.9. The van der Waals surface area contributed by atoms with E-state index < -0.39 is 0 Å². The van der Waals surface area contributed by atoms with E-state index in [0.717, 1.165) is 31.7 Å². The number of likely N-dealkylation sites (N-methyl/N-ethyl adjacent to an activating group) is 1. The van der Waals surface area contributed by atoms with Crippen molar-refractivity contribution in [3.8, 4) is 0 Å². The average molecular weight is 369 g/mol. The predicted octanol–water partition coefficient (Wildman–Crippen LogP) is 3.23. The molecule has 2 aromatic carbocycles. The van der Waals surface area contributed by atoms with Gasteiger partial charge >= 0.3 is 6.09 Å². The van der Waals surface area contributed by atoms with Crippen LogP contribution >= 0.6 is 0 Å². The van der Waals surface area contributed by atoms with E-state index in [0.29, 0.717) is 13.1 Å². The molecular formula is C21H24FN3O2. The third-order valence-corrected chi connectivity index (χ3v) is 5.31. The average Bonchev–Trinajstić information content (AvgIpc) is 3.11. The van der Waals surface area contributed by atoms with Gasteiger partial charge in [0.05, 0.1) is 0 Å². The molecule has 0 radical (unpaired) electrons. The Balaban J connectivity index is 1.35. The molecule has 4 rings (SSSR count). The van der Waals surface area contributed by atoms with Gasteiger partial charge in [0.1, 0.15) is 12.4 Å². The van der Waals surface area contributed by atoms with Crippen molar-refractivity contribution in [2.24, 2.45) is 0 Å². The second-order valence-electron chi connectivity index (χ2n) is 7.28. The molecular weight excluding hydrogens is 345 g/mol. The highest BCUT2D eigenvalue weighted by Gasteiger charge is 2.25. The van der Waals surface area contributed by atoms with E-state index in [-0.39, 0.29) is 18.5 Å². The number of carbonyl (C=O) groups excluding carboxylic acids is 1. The van der Waals surface area contributed by atoms with Crippen LogP contribution in [0.15, 0.2) is 42.5 Å². The van der Waals surface area contributed by atoms with Gasteiger partial charge in [-0.25, -0.2) is 9.18 Å². The van der Waals surface area contributed by atoms with Crippen molar-refractivity contribution in [3.05, 3.63) is 65.0 Å². The van der Waals surface area contributed by atoms with Crippen molar-refractivity contribution in [2.45, 2.75) is 19.7 Å². The Hall–Kier alpha value is -2.60. The van der Waals surface area contributed by atoms with Crippen LogP contribution < -0.4 is 4.90 Å². The van der Waals surface area contributed by atoms with Crippen molar-refractivity contribution in [1.29, 1.82) is 0 Å². The van der Waals surface area contributed by atoms with E-state index in [1.165, 1.54) is 28.9 Å². The van der Waals surface area contributed by atoms with Crippen LogP contribution in [0.3, 0.4) is 0 Å². The number of fused-ring (bicyclic) bond motifs is 1. The zero-order valence-corrected chi connectivity index (χ0v) is 15.5. The van der Waals surface area contributed by atoms with Crippen LogP contribution in [-0.4, -0.2) is 49.1 Å². The molecule has 0 aromatic heterocycles. The van der Waals surface area contributed by atoms with Gasteiger partial charge in [-0.1, -0.05) is 18.2 Å². The number of amides is 1. The normalized spacial score (nSPS) is 17.1. The molecule has 0 bridgehead atoms. The lowest BCUT2D eigenvalue weighted by Gasteiger charge is -2.34. The smallest absolute Gasteiger partial charge is 0.410 e. The lowest BCUT2D eigenvalue weighted by Crippen LogP contribution is -2.44. The van der Waals surface area contributed by atoms with Crippen LogP contribution in [0, 0.1) is 5.82 Å². The summed E-state index contributed by atoms with van der Waals surface area (Å²) in [7, 11) is 2.15. The van der Waals surface area contributed by atoms with Gasteiger partial charge in [-0.15, -0.1) is 0 Å². The highest BCUT2D eigenvalue weighted by Crippen LogP contribution is 2.28. The Morgan fingerprint density at radius 3 is 2.44 bits per heavy atom. The molecule has 1 fully saturated rings. The molecule has 2 heterocycles. The van der Waals surface area contributed by atoms with Crippen LogP contribution in [-0.2, 0) is 24.4 Å². The predicted molar refractivity (Wildman–Crippen MR) is 102 cm³/mol. The standard InChI is InChI=1S/C21H24FN3O2/c1-23-8-10-24(11-9-23)20-7-4-17-13-25(14-18(17)12-20)21(26)27-15-16-2-5-19(22)6-3-16/h2-7,12H,8-11,13-15H2,1H3. The highest BCUT2D eigenvalue weighted by molar-refractivity contribution is 5.69. The van der Waals surface area contributed by atoms with E-state index in [9.17, 15) is 9.18 Å². The van der Waals surface area contributed by atoms with Crippen LogP contribution in [0.4, 0.5) is 14.9 Å². The summed E-state index contributed by atoms with van der Waals surface area (Å²) >= 11 is 0. The summed E-state index contributed by atoms with van der Waals surface area (Å²) in [5, 5.41) is 0. The van der Waals surface area contributed by atoms with Gasteiger partial charge in [-0.2, -0.15) is 0 Å². The van der Waals surface area contributed by atoms with Gasteiger partial charge in [-0.05, 0) is 48.0 Å². The van der Waals surface area contributed by atoms with Gasteiger partial charge in [-0.3, -0.25) is 4.90 Å². The molecule has 27 heavy (non-hydrogen) atoms. The quantitative estimate of drug-likeness (QED) is 0.832. The summed E-state index contributed by atoms with van der Waals surface area (Å²) in [4.78, 5) is 18.8. The van der Waals surface area contributed by atoms with E-state index in [1.54, 1.807) is 17.0 Å². The fraction of sp³-hybridized carbons (Fsp3) is 0.381. The third kappa shape index (κ3) is 4.06. The molecule has 2 aromatic rings. The maximum absolute atomic E-state index is 12.9. The molecule has 2 aliphatic heterocycles. The number of piperazine rings is 1. The fourth-order valence-corrected chi connectivity index (χ4v) is 3.59. The topological polar surface area (TPSA) is 36.0 Å². The Bertz CT molecular complexity index is 817. The number of carbonyl (C=O) groups is 1. The second kappa shape index (κ2) is 7.56. The van der Waals surface area contributed by atoms with Crippen LogP contribution in [0.2, 0.25) is 0 Å². The molecule has 1 saturated heterocycles. The number of hydrogen-bond donors (Lipinski definition) is 0. The van der Waals surface area contributed by atoms with E-state index in [2.05, 4.69) is 35.0 Å². The first-order chi connectivity index (χ1) is 13.1. The SMILES string of the molecule is CN1CCN(c2ccc3c(c2)CN(C(=O)OCc2ccc(F)cc2)C3)CC1. The molecule has 0 saturated carbocycles. The molecule has 6 heteroatoms. The number of rotatable bonds is 3. The number of anilines is 1. The monoisotopic (exact) mass is 369 g/mol. The minimum absolute atomic E-state index is 0.151. The Labute approximate surface area is 158 Å². The van der Waals surface area contributed by atoms with Gasteiger partial charge in [0.15, 0.2) is 0 Å². The summed E-state index contributed by atoms with van der Waals surface area (Å²) in [5.41, 5.74) is 4.36. The third-order valence-electron chi connectivity index (χ3n) is 5.31. The Morgan fingerprint density at radius 1 is 1.00 bits per heavy atom. The zero-order valence-electron chi connectivity index (χ0n) is 15.5. The number of hydrogen-bond acceptors (Lipinski definition) is 4. The van der Waals surface area contributed by atoms with Crippen molar-refractivity contribution in [1.82, 2.24) is 9.80 Å². The molecule has 0 aliphatic carbocycles. The first kappa shape index (κ1) is 17.8. The first-order valence-corrected chi connectivity index (χ1v) is 9.30. The number of ether oxygens (including phenoxy) is 1. The molecule has 5 nitrogen and oxygen atoms in total. The molecule has 0 spiro atoms. The van der Waals surface area contributed by atoms with Crippen molar-refractivity contribution in [2.75, 3.05) is 38.1 Å². The van der Waals surface area contributed by atoms with Crippen molar-refractivity contribution < 1.29 is 13.9 Å². The molecule has 2 aliphatic rings. The van der Waals surface area contributed by atoms with E-state index >= 15 is 0 Å². The number of halogens is 1. The Morgan fingerprint density at radius 2 is 1.70 bits per heavy atom. The largest absolute Gasteiger partial charge is 0.445 e. The van der Waals surface area contributed by atoms with Crippen LogP contribution in [0.5, 0.6) is 0 Å². The van der Waals surface area contributed by atoms with Crippen molar-refractivity contribution in [3.63, 3.8) is 0 Å². The maximum Gasteiger partial charge on any atom is 0.410 e. The van der Waals surface area contributed by atoms with Gasteiger partial charge in [0, 0.05) is 45.0 Å². The first-order valence-electron chi connectivity index (χ1n) is 9.30. The van der Waals surface area contributed by atoms with Gasteiger partial charge < -0.3 is 14.5 Å². The Kier molecular flexibility index (Phi) is 4.99. The minimum Gasteiger partial charge on any atom is -0.445 e. The highest BCUT2D eigenvalue weighted by atomic mass is 19.1. The summed E-state index contributed by atoms with van der Waals surface area (Å²) in [6.45, 7) is 5.48. The lowest BCUT2D eigenvalue weighted by atomic mass is 10.1. The van der Waals surface area contributed by atoms with Gasteiger partial charge in [0.2, 0.25) is 0 Å².